The van der Waals surface area contributed by atoms with E-state index in [-0.39, 0.29) is 34.7 Å². The summed E-state index contributed by atoms with van der Waals surface area (Å²) in [5.74, 6) is 0.300. The Bertz CT molecular complexity index is 534. The van der Waals surface area contributed by atoms with Gasteiger partial charge in [0, 0.05) is 24.2 Å². The lowest BCUT2D eigenvalue weighted by atomic mass is 10.2. The lowest BCUT2D eigenvalue weighted by Gasteiger charge is -2.14. The predicted molar refractivity (Wildman–Crippen MR) is 74.6 cm³/mol. The van der Waals surface area contributed by atoms with Crippen LogP contribution in [0.5, 0.6) is 5.75 Å². The van der Waals surface area contributed by atoms with Gasteiger partial charge in [0.2, 0.25) is 10.0 Å². The van der Waals surface area contributed by atoms with Crippen LogP contribution in [0.25, 0.3) is 0 Å². The maximum absolute atomic E-state index is 12.2. The fourth-order valence-corrected chi connectivity index (χ4v) is 3.26. The third-order valence-electron chi connectivity index (χ3n) is 2.33. The molecule has 108 valence electrons. The van der Waals surface area contributed by atoms with Gasteiger partial charge in [-0.3, -0.25) is 0 Å². The van der Waals surface area contributed by atoms with Gasteiger partial charge in [-0.05, 0) is 12.1 Å². The average Bonchev–Trinajstić information content (AvgIpc) is 2.37. The molecule has 0 atom stereocenters. The molecule has 0 heterocycles. The van der Waals surface area contributed by atoms with Crippen LogP contribution in [0.15, 0.2) is 17.0 Å². The number of nitrogens with one attached hydrogen (secondary N) is 1. The van der Waals surface area contributed by atoms with E-state index in [1.165, 1.54) is 20.3 Å². The quantitative estimate of drug-likeness (QED) is 0.614. The molecule has 8 heteroatoms. The molecule has 1 aromatic rings. The maximum atomic E-state index is 12.2. The first-order chi connectivity index (χ1) is 8.96. The van der Waals surface area contributed by atoms with Crippen molar-refractivity contribution in [2.45, 2.75) is 10.8 Å². The van der Waals surface area contributed by atoms with Crippen LogP contribution in [0.1, 0.15) is 5.56 Å². The molecule has 1 aromatic carbocycles. The first-order valence-corrected chi connectivity index (χ1v) is 7.76. The number of halogens is 2. The zero-order chi connectivity index (χ0) is 14.5. The van der Waals surface area contributed by atoms with Gasteiger partial charge >= 0.3 is 0 Å². The molecular weight excluding hydrogens is 313 g/mol. The van der Waals surface area contributed by atoms with E-state index in [9.17, 15) is 8.42 Å². The molecule has 0 spiro atoms. The van der Waals surface area contributed by atoms with Gasteiger partial charge in [0.1, 0.15) is 10.6 Å². The highest BCUT2D eigenvalue weighted by molar-refractivity contribution is 7.89. The van der Waals surface area contributed by atoms with Crippen LogP contribution in [0, 0.1) is 0 Å². The molecule has 0 amide bonds. The number of benzene rings is 1. The van der Waals surface area contributed by atoms with Crippen LogP contribution < -0.4 is 9.46 Å². The van der Waals surface area contributed by atoms with Gasteiger partial charge in [-0.1, -0.05) is 11.6 Å². The molecule has 5 nitrogen and oxygen atoms in total. The SMILES string of the molecule is COCCNS(=O)(=O)c1cc(Cl)cc(CCl)c1OC. The average molecular weight is 328 g/mol. The van der Waals surface area contributed by atoms with E-state index < -0.39 is 10.0 Å². The summed E-state index contributed by atoms with van der Waals surface area (Å²) in [4.78, 5) is -0.0331. The second-order valence-corrected chi connectivity index (χ2v) is 6.06. The Morgan fingerprint density at radius 2 is 2.00 bits per heavy atom. The Kier molecular flexibility index (Phi) is 6.35. The minimum atomic E-state index is -3.73. The molecule has 0 aromatic heterocycles. The number of sulfonamides is 1. The molecular formula is C11H15Cl2NO4S. The zero-order valence-electron chi connectivity index (χ0n) is 10.6. The standard InChI is InChI=1S/C11H15Cl2NO4S/c1-17-4-3-14-19(15,16)10-6-9(13)5-8(7-12)11(10)18-2/h5-6,14H,3-4,7H2,1-2H3. The van der Waals surface area contributed by atoms with E-state index in [1.54, 1.807) is 6.07 Å². The van der Waals surface area contributed by atoms with Gasteiger partial charge in [-0.25, -0.2) is 13.1 Å². The molecule has 1 N–H and O–H groups in total. The van der Waals surface area contributed by atoms with Crippen LogP contribution in [-0.2, 0) is 20.6 Å². The van der Waals surface area contributed by atoms with E-state index >= 15 is 0 Å². The Labute approximate surface area is 122 Å². The minimum absolute atomic E-state index is 0.0331. The van der Waals surface area contributed by atoms with Gasteiger partial charge in [0.25, 0.3) is 0 Å². The summed E-state index contributed by atoms with van der Waals surface area (Å²) in [5.41, 5.74) is 0.517. The van der Waals surface area contributed by atoms with Crippen LogP contribution in [-0.4, -0.2) is 35.8 Å². The monoisotopic (exact) mass is 327 g/mol. The van der Waals surface area contributed by atoms with Crippen LogP contribution in [0.4, 0.5) is 0 Å². The largest absolute Gasteiger partial charge is 0.495 e. The van der Waals surface area contributed by atoms with Crippen molar-refractivity contribution in [3.63, 3.8) is 0 Å². The molecule has 0 unspecified atom stereocenters. The summed E-state index contributed by atoms with van der Waals surface area (Å²) in [7, 11) is -0.860. The van der Waals surface area contributed by atoms with E-state index in [2.05, 4.69) is 4.72 Å². The first-order valence-electron chi connectivity index (χ1n) is 5.37. The number of ether oxygens (including phenoxy) is 2. The molecule has 1 rings (SSSR count). The number of hydrogen-bond donors (Lipinski definition) is 1. The van der Waals surface area contributed by atoms with Crippen molar-refractivity contribution in [2.75, 3.05) is 27.4 Å². The fraction of sp³-hybridized carbons (Fsp3) is 0.455. The maximum Gasteiger partial charge on any atom is 0.244 e. The number of alkyl halides is 1. The van der Waals surface area contributed by atoms with E-state index in [0.717, 1.165) is 0 Å². The van der Waals surface area contributed by atoms with E-state index in [4.69, 9.17) is 32.7 Å². The topological polar surface area (TPSA) is 64.6 Å². The van der Waals surface area contributed by atoms with E-state index in [0.29, 0.717) is 5.56 Å². The fourth-order valence-electron chi connectivity index (χ4n) is 1.51. The molecule has 0 fully saturated rings. The lowest BCUT2D eigenvalue weighted by Crippen LogP contribution is -2.27. The molecule has 0 aliphatic heterocycles. The summed E-state index contributed by atoms with van der Waals surface area (Å²) in [5, 5.41) is 0.281. The Morgan fingerprint density at radius 3 is 2.53 bits per heavy atom. The highest BCUT2D eigenvalue weighted by Gasteiger charge is 2.22. The van der Waals surface area contributed by atoms with Crippen molar-refractivity contribution < 1.29 is 17.9 Å². The highest BCUT2D eigenvalue weighted by atomic mass is 35.5. The van der Waals surface area contributed by atoms with Crippen molar-refractivity contribution in [3.8, 4) is 5.75 Å². The van der Waals surface area contributed by atoms with Gasteiger partial charge in [-0.2, -0.15) is 0 Å². The summed E-state index contributed by atoms with van der Waals surface area (Å²) < 4.78 is 36.6. The van der Waals surface area contributed by atoms with Crippen LogP contribution in [0.3, 0.4) is 0 Å². The molecule has 0 radical (unpaired) electrons. The zero-order valence-corrected chi connectivity index (χ0v) is 12.9. The van der Waals surface area contributed by atoms with Crippen molar-refractivity contribution in [3.05, 3.63) is 22.7 Å². The molecule has 19 heavy (non-hydrogen) atoms. The van der Waals surface area contributed by atoms with Gasteiger partial charge in [-0.15, -0.1) is 11.6 Å². The number of methoxy groups -OCH3 is 2. The second-order valence-electron chi connectivity index (χ2n) is 3.62. The molecule has 0 aliphatic rings. The Hall–Kier alpha value is -0.530. The summed E-state index contributed by atoms with van der Waals surface area (Å²) >= 11 is 11.7. The van der Waals surface area contributed by atoms with Crippen molar-refractivity contribution in [1.82, 2.24) is 4.72 Å². The van der Waals surface area contributed by atoms with E-state index in [1.807, 2.05) is 0 Å². The Balaban J connectivity index is 3.21. The molecule has 0 bridgehead atoms. The van der Waals surface area contributed by atoms with Crippen molar-refractivity contribution in [2.24, 2.45) is 0 Å². The minimum Gasteiger partial charge on any atom is -0.495 e. The van der Waals surface area contributed by atoms with Gasteiger partial charge in [0.15, 0.2) is 0 Å². The predicted octanol–water partition coefficient (Wildman–Crippen LogP) is 2.01. The molecule has 0 aliphatic carbocycles. The van der Waals surface area contributed by atoms with Gasteiger partial charge in [0.05, 0.1) is 19.6 Å². The van der Waals surface area contributed by atoms with Gasteiger partial charge < -0.3 is 9.47 Å². The smallest absolute Gasteiger partial charge is 0.244 e. The number of rotatable bonds is 7. The lowest BCUT2D eigenvalue weighted by molar-refractivity contribution is 0.204. The number of hydrogen-bond acceptors (Lipinski definition) is 4. The third-order valence-corrected chi connectivity index (χ3v) is 4.31. The van der Waals surface area contributed by atoms with Crippen molar-refractivity contribution in [1.29, 1.82) is 0 Å². The van der Waals surface area contributed by atoms with Crippen LogP contribution in [0.2, 0.25) is 5.02 Å². The highest BCUT2D eigenvalue weighted by Crippen LogP contribution is 2.32. The first kappa shape index (κ1) is 16.5. The summed E-state index contributed by atoms with van der Waals surface area (Å²) in [6.45, 7) is 0.426. The molecule has 0 saturated heterocycles. The Morgan fingerprint density at radius 1 is 1.32 bits per heavy atom. The molecule has 0 saturated carbocycles. The second kappa shape index (κ2) is 7.31. The van der Waals surface area contributed by atoms with Crippen LogP contribution >= 0.6 is 23.2 Å². The summed E-state index contributed by atoms with van der Waals surface area (Å²) in [6, 6.07) is 2.90. The summed E-state index contributed by atoms with van der Waals surface area (Å²) in [6.07, 6.45) is 0. The van der Waals surface area contributed by atoms with Crippen molar-refractivity contribution >= 4 is 33.2 Å². The third kappa shape index (κ3) is 4.22. The normalized spacial score (nSPS) is 11.6.